The number of likely N-dealkylation sites (tertiary alicyclic amines) is 1. The summed E-state index contributed by atoms with van der Waals surface area (Å²) in [5, 5.41) is 3.03. The number of carbonyl (C=O) groups is 3. The Morgan fingerprint density at radius 1 is 1.05 bits per heavy atom. The van der Waals surface area contributed by atoms with E-state index in [1.165, 1.54) is 4.90 Å². The number of para-hydroxylation sites is 1. The largest absolute Gasteiger partial charge is 0.344 e. The van der Waals surface area contributed by atoms with E-state index in [9.17, 15) is 14.4 Å². The lowest BCUT2D eigenvalue weighted by Crippen LogP contribution is -2.46. The van der Waals surface area contributed by atoms with E-state index in [0.717, 1.165) is 0 Å². The van der Waals surface area contributed by atoms with E-state index in [1.807, 2.05) is 6.07 Å². The summed E-state index contributed by atoms with van der Waals surface area (Å²) in [7, 11) is 1.74. The number of anilines is 1. The van der Waals surface area contributed by atoms with E-state index < -0.39 is 6.04 Å². The minimum atomic E-state index is -0.613. The van der Waals surface area contributed by atoms with Crippen LogP contribution in [0.15, 0.2) is 30.3 Å². The van der Waals surface area contributed by atoms with Crippen LogP contribution in [0.2, 0.25) is 0 Å². The zero-order valence-corrected chi connectivity index (χ0v) is 11.8. The van der Waals surface area contributed by atoms with Gasteiger partial charge in [-0.1, -0.05) is 18.2 Å². The van der Waals surface area contributed by atoms with Gasteiger partial charge in [0.2, 0.25) is 11.8 Å². The second-order valence-electron chi connectivity index (χ2n) is 5.43. The summed E-state index contributed by atoms with van der Waals surface area (Å²) >= 11 is 0. The van der Waals surface area contributed by atoms with Crippen LogP contribution in [0, 0.1) is 0 Å². The number of imide groups is 1. The molecule has 0 aromatic heterocycles. The van der Waals surface area contributed by atoms with E-state index in [-0.39, 0.29) is 30.2 Å². The van der Waals surface area contributed by atoms with Gasteiger partial charge in [0.1, 0.15) is 0 Å². The van der Waals surface area contributed by atoms with Crippen LogP contribution in [0.3, 0.4) is 0 Å². The van der Waals surface area contributed by atoms with E-state index in [4.69, 9.17) is 0 Å². The molecule has 0 radical (unpaired) electrons. The Balaban J connectivity index is 1.74. The van der Waals surface area contributed by atoms with Crippen molar-refractivity contribution in [2.45, 2.75) is 24.9 Å². The van der Waals surface area contributed by atoms with Crippen molar-refractivity contribution >= 4 is 23.4 Å². The molecule has 2 atom stereocenters. The Hall–Kier alpha value is -2.21. The maximum Gasteiger partial charge on any atom is 0.251 e. The number of nitrogens with zero attached hydrogens (tertiary/aromatic N) is 2. The molecule has 21 heavy (non-hydrogen) atoms. The molecule has 3 rings (SSSR count). The van der Waals surface area contributed by atoms with Gasteiger partial charge in [-0.2, -0.15) is 0 Å². The standard InChI is InChI=1S/C15H17N3O3/c1-17-8-7-11(14(17)20)16-12-9-13(19)18(15(12)21)10-5-3-2-4-6-10/h2-6,11-12,16H,7-9H2,1H3. The monoisotopic (exact) mass is 287 g/mol. The molecule has 2 fully saturated rings. The average molecular weight is 287 g/mol. The maximum absolute atomic E-state index is 12.4. The minimum Gasteiger partial charge on any atom is -0.344 e. The van der Waals surface area contributed by atoms with Crippen molar-refractivity contribution in [1.82, 2.24) is 10.2 Å². The van der Waals surface area contributed by atoms with Gasteiger partial charge in [0.25, 0.3) is 5.91 Å². The van der Waals surface area contributed by atoms with Crippen molar-refractivity contribution < 1.29 is 14.4 Å². The zero-order chi connectivity index (χ0) is 15.0. The first-order chi connectivity index (χ1) is 10.1. The van der Waals surface area contributed by atoms with Crippen molar-refractivity contribution in [2.24, 2.45) is 0 Å². The SMILES string of the molecule is CN1CCC(NC2CC(=O)N(c3ccccc3)C2=O)C1=O. The smallest absolute Gasteiger partial charge is 0.251 e. The third kappa shape index (κ3) is 2.42. The summed E-state index contributed by atoms with van der Waals surface area (Å²) in [4.78, 5) is 39.2. The van der Waals surface area contributed by atoms with Gasteiger partial charge in [-0.15, -0.1) is 0 Å². The molecule has 0 saturated carbocycles. The molecule has 0 aliphatic carbocycles. The number of carbonyl (C=O) groups excluding carboxylic acids is 3. The predicted molar refractivity (Wildman–Crippen MR) is 76.5 cm³/mol. The zero-order valence-electron chi connectivity index (χ0n) is 11.8. The molecule has 6 nitrogen and oxygen atoms in total. The molecule has 2 saturated heterocycles. The lowest BCUT2D eigenvalue weighted by atomic mass is 10.2. The van der Waals surface area contributed by atoms with Gasteiger partial charge >= 0.3 is 0 Å². The Morgan fingerprint density at radius 2 is 1.76 bits per heavy atom. The highest BCUT2D eigenvalue weighted by Gasteiger charge is 2.42. The van der Waals surface area contributed by atoms with E-state index >= 15 is 0 Å². The number of hydrogen-bond acceptors (Lipinski definition) is 4. The third-order valence-corrected chi connectivity index (χ3v) is 3.99. The topological polar surface area (TPSA) is 69.7 Å². The molecule has 1 N–H and O–H groups in total. The first-order valence-electron chi connectivity index (χ1n) is 7.01. The Labute approximate surface area is 122 Å². The molecule has 0 bridgehead atoms. The molecule has 2 heterocycles. The molecule has 2 aliphatic rings. The van der Waals surface area contributed by atoms with Crippen molar-refractivity contribution in [3.63, 3.8) is 0 Å². The van der Waals surface area contributed by atoms with Crippen LogP contribution < -0.4 is 10.2 Å². The summed E-state index contributed by atoms with van der Waals surface area (Å²) in [6, 6.07) is 7.88. The number of amides is 3. The molecule has 110 valence electrons. The quantitative estimate of drug-likeness (QED) is 0.803. The Morgan fingerprint density at radius 3 is 2.38 bits per heavy atom. The van der Waals surface area contributed by atoms with Gasteiger partial charge < -0.3 is 4.90 Å². The van der Waals surface area contributed by atoms with Crippen molar-refractivity contribution in [3.8, 4) is 0 Å². The number of benzene rings is 1. The highest BCUT2D eigenvalue weighted by Crippen LogP contribution is 2.23. The number of rotatable bonds is 3. The van der Waals surface area contributed by atoms with Crippen LogP contribution in [0.5, 0.6) is 0 Å². The van der Waals surface area contributed by atoms with Crippen LogP contribution in [-0.2, 0) is 14.4 Å². The fourth-order valence-corrected chi connectivity index (χ4v) is 2.83. The third-order valence-electron chi connectivity index (χ3n) is 3.99. The van der Waals surface area contributed by atoms with Crippen molar-refractivity contribution in [1.29, 1.82) is 0 Å². The van der Waals surface area contributed by atoms with Crippen LogP contribution >= 0.6 is 0 Å². The molecule has 3 amide bonds. The van der Waals surface area contributed by atoms with Crippen molar-refractivity contribution in [2.75, 3.05) is 18.5 Å². The summed E-state index contributed by atoms with van der Waals surface area (Å²) in [5.41, 5.74) is 0.576. The van der Waals surface area contributed by atoms with Gasteiger partial charge in [0, 0.05) is 13.6 Å². The molecular weight excluding hydrogens is 270 g/mol. The molecule has 2 unspecified atom stereocenters. The number of likely N-dealkylation sites (N-methyl/N-ethyl adjacent to an activating group) is 1. The summed E-state index contributed by atoms with van der Waals surface area (Å²) in [6.07, 6.45) is 0.764. The van der Waals surface area contributed by atoms with Gasteiger partial charge in [0.15, 0.2) is 0 Å². The van der Waals surface area contributed by atoms with Crippen molar-refractivity contribution in [3.05, 3.63) is 30.3 Å². The van der Waals surface area contributed by atoms with Crippen LogP contribution in [0.1, 0.15) is 12.8 Å². The molecule has 6 heteroatoms. The van der Waals surface area contributed by atoms with Gasteiger partial charge in [-0.05, 0) is 18.6 Å². The summed E-state index contributed by atoms with van der Waals surface area (Å²) < 4.78 is 0. The fraction of sp³-hybridized carbons (Fsp3) is 0.400. The second kappa shape index (κ2) is 5.29. The van der Waals surface area contributed by atoms with Crippen LogP contribution in [0.25, 0.3) is 0 Å². The Kier molecular flexibility index (Phi) is 3.47. The first kappa shape index (κ1) is 13.8. The molecule has 0 spiro atoms. The maximum atomic E-state index is 12.4. The van der Waals surface area contributed by atoms with E-state index in [0.29, 0.717) is 18.7 Å². The average Bonchev–Trinajstić information content (AvgIpc) is 2.94. The van der Waals surface area contributed by atoms with E-state index in [2.05, 4.69) is 5.32 Å². The molecule has 1 aromatic carbocycles. The fourth-order valence-electron chi connectivity index (χ4n) is 2.83. The molecular formula is C15H17N3O3. The first-order valence-corrected chi connectivity index (χ1v) is 7.01. The van der Waals surface area contributed by atoms with Crippen LogP contribution in [0.4, 0.5) is 5.69 Å². The highest BCUT2D eigenvalue weighted by molar-refractivity contribution is 6.22. The summed E-state index contributed by atoms with van der Waals surface area (Å²) in [6.45, 7) is 0.674. The van der Waals surface area contributed by atoms with E-state index in [1.54, 1.807) is 36.2 Å². The number of nitrogens with one attached hydrogen (secondary N) is 1. The summed E-state index contributed by atoms with van der Waals surface area (Å²) in [5.74, 6) is -0.538. The number of hydrogen-bond donors (Lipinski definition) is 1. The second-order valence-corrected chi connectivity index (χ2v) is 5.43. The lowest BCUT2D eigenvalue weighted by molar-refractivity contribution is -0.128. The van der Waals surface area contributed by atoms with Gasteiger partial charge in [-0.3, -0.25) is 19.7 Å². The van der Waals surface area contributed by atoms with Gasteiger partial charge in [0.05, 0.1) is 24.2 Å². The lowest BCUT2D eigenvalue weighted by Gasteiger charge is -2.18. The van der Waals surface area contributed by atoms with Gasteiger partial charge in [-0.25, -0.2) is 4.90 Å². The Bertz CT molecular complexity index is 587. The normalized spacial score (nSPS) is 26.0. The predicted octanol–water partition coefficient (Wildman–Crippen LogP) is 0.139. The highest BCUT2D eigenvalue weighted by atomic mass is 16.2. The molecule has 1 aromatic rings. The minimum absolute atomic E-state index is 0.0200. The molecule has 2 aliphatic heterocycles. The van der Waals surface area contributed by atoms with Crippen LogP contribution in [-0.4, -0.2) is 48.3 Å².